The lowest BCUT2D eigenvalue weighted by molar-refractivity contribution is 0.0668. The SMILES string of the molecule is Cn1cc(-c2cc(S(=N)(=O)C3CC3)ccc2OC2CCC(O)CC2)c2cc[nH]c2c1=O. The summed E-state index contributed by atoms with van der Waals surface area (Å²) >= 11 is 0. The van der Waals surface area contributed by atoms with Crippen LogP contribution in [0.5, 0.6) is 5.75 Å². The maximum atomic E-state index is 13.1. The highest BCUT2D eigenvalue weighted by atomic mass is 32.2. The fourth-order valence-electron chi connectivity index (χ4n) is 4.43. The van der Waals surface area contributed by atoms with Crippen molar-refractivity contribution in [3.63, 3.8) is 0 Å². The summed E-state index contributed by atoms with van der Waals surface area (Å²) in [6.07, 6.45) is 7.84. The third-order valence-corrected chi connectivity index (χ3v) is 8.78. The summed E-state index contributed by atoms with van der Waals surface area (Å²) < 4.78 is 29.5. The molecule has 0 saturated heterocycles. The second-order valence-electron chi connectivity index (χ2n) is 8.73. The Hall–Kier alpha value is -2.58. The largest absolute Gasteiger partial charge is 0.490 e. The van der Waals surface area contributed by atoms with E-state index in [2.05, 4.69) is 4.98 Å². The fraction of sp³-hybridized carbons (Fsp3) is 0.435. The van der Waals surface area contributed by atoms with Gasteiger partial charge in [-0.3, -0.25) is 4.79 Å². The van der Waals surface area contributed by atoms with Crippen LogP contribution in [-0.2, 0) is 16.8 Å². The third kappa shape index (κ3) is 3.68. The average Bonchev–Trinajstić information content (AvgIpc) is 3.51. The molecule has 2 aromatic heterocycles. The first kappa shape index (κ1) is 20.3. The van der Waals surface area contributed by atoms with E-state index < -0.39 is 9.73 Å². The fourth-order valence-corrected chi connectivity index (χ4v) is 6.18. The molecule has 1 aromatic carbocycles. The zero-order valence-electron chi connectivity index (χ0n) is 17.5. The number of aliphatic hydroxyl groups excluding tert-OH is 1. The molecule has 2 saturated carbocycles. The van der Waals surface area contributed by atoms with Crippen LogP contribution >= 0.6 is 0 Å². The number of nitrogens with zero attached hydrogens (tertiary/aromatic N) is 1. The van der Waals surface area contributed by atoms with Gasteiger partial charge >= 0.3 is 0 Å². The molecule has 2 aliphatic carbocycles. The Balaban J connectivity index is 1.65. The Labute approximate surface area is 181 Å². The van der Waals surface area contributed by atoms with Crippen LogP contribution in [0.2, 0.25) is 0 Å². The van der Waals surface area contributed by atoms with Crippen molar-refractivity contribution >= 4 is 20.6 Å². The van der Waals surface area contributed by atoms with Gasteiger partial charge in [-0.15, -0.1) is 0 Å². The molecule has 3 aromatic rings. The first-order chi connectivity index (χ1) is 14.8. The van der Waals surface area contributed by atoms with Gasteiger partial charge in [-0.05, 0) is 62.8 Å². The van der Waals surface area contributed by atoms with E-state index in [4.69, 9.17) is 9.52 Å². The minimum Gasteiger partial charge on any atom is -0.490 e. The van der Waals surface area contributed by atoms with Crippen LogP contribution in [0, 0.1) is 4.78 Å². The number of hydrogen-bond acceptors (Lipinski definition) is 5. The number of aromatic amines is 1. The van der Waals surface area contributed by atoms with E-state index in [1.54, 1.807) is 25.5 Å². The molecule has 2 heterocycles. The molecule has 0 aliphatic heterocycles. The van der Waals surface area contributed by atoms with Crippen molar-refractivity contribution in [3.8, 4) is 16.9 Å². The lowest BCUT2D eigenvalue weighted by atomic mass is 9.95. The van der Waals surface area contributed by atoms with E-state index in [0.29, 0.717) is 29.0 Å². The molecule has 1 atom stereocenters. The summed E-state index contributed by atoms with van der Waals surface area (Å²) in [7, 11) is -1.17. The number of H-pyrrole nitrogens is 1. The number of nitrogens with one attached hydrogen (secondary N) is 2. The monoisotopic (exact) mass is 441 g/mol. The highest BCUT2D eigenvalue weighted by Crippen LogP contribution is 2.40. The Morgan fingerprint density at radius 3 is 2.58 bits per heavy atom. The topological polar surface area (TPSA) is 108 Å². The number of pyridine rings is 1. The number of rotatable bonds is 5. The zero-order valence-corrected chi connectivity index (χ0v) is 18.3. The molecule has 1 unspecified atom stereocenters. The summed E-state index contributed by atoms with van der Waals surface area (Å²) in [6.45, 7) is 0. The third-order valence-electron chi connectivity index (χ3n) is 6.42. The minimum atomic E-state index is -2.88. The Morgan fingerprint density at radius 2 is 1.87 bits per heavy atom. The quantitative estimate of drug-likeness (QED) is 0.560. The van der Waals surface area contributed by atoms with Crippen molar-refractivity contribution in [3.05, 3.63) is 47.0 Å². The second kappa shape index (κ2) is 7.53. The van der Waals surface area contributed by atoms with Gasteiger partial charge in [-0.25, -0.2) is 8.99 Å². The molecule has 31 heavy (non-hydrogen) atoms. The van der Waals surface area contributed by atoms with Gasteiger partial charge in [0, 0.05) is 46.1 Å². The van der Waals surface area contributed by atoms with Gasteiger partial charge in [0.05, 0.1) is 21.9 Å². The lowest BCUT2D eigenvalue weighted by Gasteiger charge is -2.27. The lowest BCUT2D eigenvalue weighted by Crippen LogP contribution is -2.26. The Morgan fingerprint density at radius 1 is 1.13 bits per heavy atom. The standard InChI is InChI=1S/C23H27N3O4S/c1-26-13-20(18-10-11-25-22(18)23(26)28)19-12-17(31(24,29)16-6-7-16)8-9-21(19)30-15-4-2-14(27)3-5-15/h8-16,24-25,27H,2-7H2,1H3. The molecule has 8 heteroatoms. The van der Waals surface area contributed by atoms with E-state index in [0.717, 1.165) is 42.2 Å². The number of hydrogen-bond donors (Lipinski definition) is 3. The van der Waals surface area contributed by atoms with Crippen LogP contribution in [0.15, 0.2) is 46.3 Å². The second-order valence-corrected chi connectivity index (χ2v) is 11.1. The molecule has 2 fully saturated rings. The van der Waals surface area contributed by atoms with Crippen molar-refractivity contribution in [2.45, 2.75) is 60.9 Å². The van der Waals surface area contributed by atoms with E-state index in [9.17, 15) is 14.1 Å². The smallest absolute Gasteiger partial charge is 0.274 e. The number of aromatic nitrogens is 2. The molecule has 0 radical (unpaired) electrons. The van der Waals surface area contributed by atoms with Gasteiger partial charge in [0.2, 0.25) is 0 Å². The molecular formula is C23H27N3O4S. The number of ether oxygens (including phenoxy) is 1. The predicted octanol–water partition coefficient (Wildman–Crippen LogP) is 3.78. The van der Waals surface area contributed by atoms with E-state index in [1.165, 1.54) is 4.57 Å². The van der Waals surface area contributed by atoms with Gasteiger partial charge in [0.25, 0.3) is 5.56 Å². The highest BCUT2D eigenvalue weighted by Gasteiger charge is 2.34. The summed E-state index contributed by atoms with van der Waals surface area (Å²) in [4.78, 5) is 16.1. The van der Waals surface area contributed by atoms with E-state index in [1.807, 2.05) is 18.2 Å². The molecule has 0 bridgehead atoms. The van der Waals surface area contributed by atoms with Gasteiger partial charge in [0.1, 0.15) is 11.3 Å². The molecule has 0 spiro atoms. The number of benzene rings is 1. The maximum absolute atomic E-state index is 13.1. The maximum Gasteiger partial charge on any atom is 0.274 e. The Kier molecular flexibility index (Phi) is 4.94. The molecule has 5 rings (SSSR count). The summed E-state index contributed by atoms with van der Waals surface area (Å²) in [5.74, 6) is 0.650. The number of aliphatic hydroxyl groups is 1. The van der Waals surface area contributed by atoms with Crippen LogP contribution in [0.4, 0.5) is 0 Å². The van der Waals surface area contributed by atoms with Crippen molar-refractivity contribution < 1.29 is 14.1 Å². The normalized spacial score (nSPS) is 23.5. The zero-order chi connectivity index (χ0) is 21.8. The molecule has 2 aliphatic rings. The number of fused-ring (bicyclic) bond motifs is 1. The molecule has 7 nitrogen and oxygen atoms in total. The van der Waals surface area contributed by atoms with Crippen LogP contribution in [0.1, 0.15) is 38.5 Å². The summed E-state index contributed by atoms with van der Waals surface area (Å²) in [5.41, 5.74) is 1.93. The van der Waals surface area contributed by atoms with Crippen LogP contribution in [0.25, 0.3) is 22.0 Å². The van der Waals surface area contributed by atoms with Gasteiger partial charge in [-0.2, -0.15) is 0 Å². The van der Waals surface area contributed by atoms with E-state index in [-0.39, 0.29) is 23.0 Å². The van der Waals surface area contributed by atoms with E-state index >= 15 is 0 Å². The molecule has 0 amide bonds. The average molecular weight is 442 g/mol. The van der Waals surface area contributed by atoms with Crippen molar-refractivity contribution in [2.75, 3.05) is 0 Å². The first-order valence-electron chi connectivity index (χ1n) is 10.8. The van der Waals surface area contributed by atoms with Crippen molar-refractivity contribution in [1.29, 1.82) is 4.78 Å². The van der Waals surface area contributed by atoms with Crippen LogP contribution in [0.3, 0.4) is 0 Å². The summed E-state index contributed by atoms with van der Waals surface area (Å²) in [5, 5.41) is 10.5. The summed E-state index contributed by atoms with van der Waals surface area (Å²) in [6, 6.07) is 7.24. The molecular weight excluding hydrogens is 414 g/mol. The van der Waals surface area contributed by atoms with Gasteiger partial charge in [-0.1, -0.05) is 0 Å². The van der Waals surface area contributed by atoms with Crippen LogP contribution in [-0.4, -0.2) is 36.3 Å². The minimum absolute atomic E-state index is 0.00830. The number of aryl methyl sites for hydroxylation is 1. The van der Waals surface area contributed by atoms with Gasteiger partial charge < -0.3 is 19.4 Å². The first-order valence-corrected chi connectivity index (χ1v) is 12.4. The highest BCUT2D eigenvalue weighted by molar-refractivity contribution is 7.93. The van der Waals surface area contributed by atoms with Crippen molar-refractivity contribution in [1.82, 2.24) is 9.55 Å². The van der Waals surface area contributed by atoms with Crippen molar-refractivity contribution in [2.24, 2.45) is 7.05 Å². The van der Waals surface area contributed by atoms with Gasteiger partial charge in [0.15, 0.2) is 0 Å². The molecule has 164 valence electrons. The van der Waals surface area contributed by atoms with Crippen LogP contribution < -0.4 is 10.3 Å². The Bertz CT molecular complexity index is 1300. The molecule has 3 N–H and O–H groups in total. The predicted molar refractivity (Wildman–Crippen MR) is 120 cm³/mol.